The number of halogens is 4. The van der Waals surface area contributed by atoms with Crippen molar-refractivity contribution in [3.05, 3.63) is 28.8 Å². The molecule has 1 aromatic carbocycles. The molecule has 0 fully saturated rings. The molecule has 17 heavy (non-hydrogen) atoms. The Kier molecular flexibility index (Phi) is 4.22. The highest BCUT2D eigenvalue weighted by molar-refractivity contribution is 6.32. The molecule has 0 saturated heterocycles. The van der Waals surface area contributed by atoms with Crippen LogP contribution in [0.15, 0.2) is 18.2 Å². The van der Waals surface area contributed by atoms with Gasteiger partial charge in [-0.25, -0.2) is 0 Å². The maximum absolute atomic E-state index is 11.9. The van der Waals surface area contributed by atoms with Crippen LogP contribution < -0.4 is 10.5 Å². The van der Waals surface area contributed by atoms with Gasteiger partial charge in [0.25, 0.3) is 0 Å². The van der Waals surface area contributed by atoms with Crippen molar-refractivity contribution in [2.45, 2.75) is 19.2 Å². The van der Waals surface area contributed by atoms with Gasteiger partial charge in [0.2, 0.25) is 5.91 Å². The molecule has 2 N–H and O–H groups in total. The normalized spacial score (nSPS) is 11.3. The third-order valence-electron chi connectivity index (χ3n) is 1.88. The first-order valence-electron chi connectivity index (χ1n) is 4.60. The summed E-state index contributed by atoms with van der Waals surface area (Å²) in [5.74, 6) is -0.960. The van der Waals surface area contributed by atoms with Gasteiger partial charge in [0.1, 0.15) is 5.75 Å². The molecule has 1 aromatic rings. The van der Waals surface area contributed by atoms with Crippen molar-refractivity contribution in [2.75, 3.05) is 0 Å². The number of aryl methyl sites for hydroxylation is 1. The molecule has 0 aliphatic carbocycles. The molecule has 0 aromatic heterocycles. The van der Waals surface area contributed by atoms with Gasteiger partial charge in [-0.3, -0.25) is 4.79 Å². The number of rotatable bonds is 4. The van der Waals surface area contributed by atoms with Crippen LogP contribution in [0.25, 0.3) is 0 Å². The Morgan fingerprint density at radius 2 is 2.06 bits per heavy atom. The summed E-state index contributed by atoms with van der Waals surface area (Å²) in [6.45, 7) is 0. The van der Waals surface area contributed by atoms with Gasteiger partial charge in [-0.15, -0.1) is 13.2 Å². The first kappa shape index (κ1) is 13.6. The fraction of sp³-hybridized carbons (Fsp3) is 0.300. The molecule has 0 bridgehead atoms. The molecule has 3 nitrogen and oxygen atoms in total. The maximum Gasteiger partial charge on any atom is 0.573 e. The zero-order chi connectivity index (χ0) is 13.1. The molecule has 0 spiro atoms. The van der Waals surface area contributed by atoms with E-state index in [9.17, 15) is 18.0 Å². The number of hydrogen-bond donors (Lipinski definition) is 1. The summed E-state index contributed by atoms with van der Waals surface area (Å²) in [5, 5.41) is -0.163. The van der Waals surface area contributed by atoms with Gasteiger partial charge in [0, 0.05) is 6.42 Å². The van der Waals surface area contributed by atoms with E-state index in [1.54, 1.807) is 0 Å². The Hall–Kier alpha value is -1.43. The Balaban J connectivity index is 2.76. The predicted octanol–water partition coefficient (Wildman–Crippen LogP) is 2.66. The number of alkyl halides is 3. The molecular formula is C10H9ClF3NO2. The van der Waals surface area contributed by atoms with Gasteiger partial charge in [0.15, 0.2) is 0 Å². The molecule has 1 rings (SSSR count). The molecular weight excluding hydrogens is 259 g/mol. The highest BCUT2D eigenvalue weighted by Gasteiger charge is 2.31. The minimum absolute atomic E-state index is 0.107. The second-order valence-corrected chi connectivity index (χ2v) is 3.69. The third kappa shape index (κ3) is 4.95. The fourth-order valence-electron chi connectivity index (χ4n) is 1.17. The summed E-state index contributed by atoms with van der Waals surface area (Å²) in [5.41, 5.74) is 5.56. The smallest absolute Gasteiger partial charge is 0.404 e. The number of carbonyl (C=O) groups is 1. The number of benzene rings is 1. The van der Waals surface area contributed by atoms with Gasteiger partial charge >= 0.3 is 6.36 Å². The maximum atomic E-state index is 11.9. The molecule has 0 radical (unpaired) electrons. The summed E-state index contributed by atoms with van der Waals surface area (Å²) < 4.78 is 39.5. The van der Waals surface area contributed by atoms with Crippen molar-refractivity contribution >= 4 is 17.5 Å². The lowest BCUT2D eigenvalue weighted by atomic mass is 10.1. The lowest BCUT2D eigenvalue weighted by Crippen LogP contribution is -2.17. The van der Waals surface area contributed by atoms with Crippen LogP contribution in [0.2, 0.25) is 5.02 Å². The standard InChI is InChI=1S/C10H9ClF3NO2/c11-7-5-6(2-4-9(15)16)1-3-8(7)17-10(12,13)14/h1,3,5H,2,4H2,(H2,15,16). The van der Waals surface area contributed by atoms with Crippen molar-refractivity contribution in [1.29, 1.82) is 0 Å². The van der Waals surface area contributed by atoms with Crippen LogP contribution in [-0.2, 0) is 11.2 Å². The van der Waals surface area contributed by atoms with Crippen molar-refractivity contribution in [1.82, 2.24) is 0 Å². The number of hydrogen-bond acceptors (Lipinski definition) is 2. The zero-order valence-electron chi connectivity index (χ0n) is 8.55. The monoisotopic (exact) mass is 267 g/mol. The summed E-state index contributed by atoms with van der Waals surface area (Å²) >= 11 is 5.61. The molecule has 94 valence electrons. The predicted molar refractivity (Wildman–Crippen MR) is 55.7 cm³/mol. The Labute approximate surface area is 100 Å². The van der Waals surface area contributed by atoms with E-state index in [0.29, 0.717) is 12.0 Å². The SMILES string of the molecule is NC(=O)CCc1ccc(OC(F)(F)F)c(Cl)c1. The molecule has 7 heteroatoms. The molecule has 0 aliphatic heterocycles. The molecule has 0 heterocycles. The van der Waals surface area contributed by atoms with Crippen molar-refractivity contribution in [2.24, 2.45) is 5.73 Å². The van der Waals surface area contributed by atoms with E-state index in [1.165, 1.54) is 12.1 Å². The quantitative estimate of drug-likeness (QED) is 0.912. The van der Waals surface area contributed by atoms with E-state index in [0.717, 1.165) is 6.07 Å². The summed E-state index contributed by atoms with van der Waals surface area (Å²) in [6, 6.07) is 3.81. The first-order chi connectivity index (χ1) is 7.78. The highest BCUT2D eigenvalue weighted by Crippen LogP contribution is 2.30. The van der Waals surface area contributed by atoms with Crippen molar-refractivity contribution in [3.63, 3.8) is 0 Å². The Bertz CT molecular complexity index is 421. The molecule has 1 amide bonds. The second kappa shape index (κ2) is 5.27. The zero-order valence-corrected chi connectivity index (χ0v) is 9.31. The van der Waals surface area contributed by atoms with Gasteiger partial charge in [-0.2, -0.15) is 0 Å². The van der Waals surface area contributed by atoms with Crippen LogP contribution in [0, 0.1) is 0 Å². The summed E-state index contributed by atoms with van der Waals surface area (Å²) in [6.07, 6.45) is -4.35. The molecule has 0 saturated carbocycles. The van der Waals surface area contributed by atoms with E-state index in [2.05, 4.69) is 4.74 Å². The Morgan fingerprint density at radius 1 is 1.41 bits per heavy atom. The van der Waals surface area contributed by atoms with Crippen LogP contribution in [0.3, 0.4) is 0 Å². The van der Waals surface area contributed by atoms with Crippen LogP contribution in [0.5, 0.6) is 5.75 Å². The average molecular weight is 268 g/mol. The number of nitrogens with two attached hydrogens (primary N) is 1. The average Bonchev–Trinajstić information content (AvgIpc) is 2.17. The summed E-state index contributed by atoms with van der Waals surface area (Å²) in [7, 11) is 0. The van der Waals surface area contributed by atoms with Crippen LogP contribution >= 0.6 is 11.6 Å². The van der Waals surface area contributed by atoms with E-state index < -0.39 is 18.0 Å². The van der Waals surface area contributed by atoms with Crippen LogP contribution in [0.1, 0.15) is 12.0 Å². The van der Waals surface area contributed by atoms with E-state index in [4.69, 9.17) is 17.3 Å². The van der Waals surface area contributed by atoms with E-state index >= 15 is 0 Å². The minimum Gasteiger partial charge on any atom is -0.404 e. The van der Waals surface area contributed by atoms with Gasteiger partial charge < -0.3 is 10.5 Å². The molecule has 0 atom stereocenters. The first-order valence-corrected chi connectivity index (χ1v) is 4.98. The molecule has 0 aliphatic rings. The van der Waals surface area contributed by atoms with Crippen molar-refractivity contribution < 1.29 is 22.7 Å². The number of primary amides is 1. The molecule has 0 unspecified atom stereocenters. The summed E-state index contributed by atoms with van der Waals surface area (Å²) in [4.78, 5) is 10.5. The van der Waals surface area contributed by atoms with Gasteiger partial charge in [-0.1, -0.05) is 17.7 Å². The third-order valence-corrected chi connectivity index (χ3v) is 2.18. The fourth-order valence-corrected chi connectivity index (χ4v) is 1.42. The lowest BCUT2D eigenvalue weighted by molar-refractivity contribution is -0.274. The second-order valence-electron chi connectivity index (χ2n) is 3.28. The van der Waals surface area contributed by atoms with Gasteiger partial charge in [0.05, 0.1) is 5.02 Å². The Morgan fingerprint density at radius 3 is 2.53 bits per heavy atom. The van der Waals surface area contributed by atoms with E-state index in [1.807, 2.05) is 0 Å². The van der Waals surface area contributed by atoms with Crippen LogP contribution in [-0.4, -0.2) is 12.3 Å². The number of amides is 1. The minimum atomic E-state index is -4.78. The topological polar surface area (TPSA) is 52.3 Å². The highest BCUT2D eigenvalue weighted by atomic mass is 35.5. The largest absolute Gasteiger partial charge is 0.573 e. The number of carbonyl (C=O) groups excluding carboxylic acids is 1. The van der Waals surface area contributed by atoms with Crippen LogP contribution in [0.4, 0.5) is 13.2 Å². The van der Waals surface area contributed by atoms with Crippen molar-refractivity contribution in [3.8, 4) is 5.75 Å². The van der Waals surface area contributed by atoms with Gasteiger partial charge in [-0.05, 0) is 24.1 Å². The number of ether oxygens (including phenoxy) is 1. The van der Waals surface area contributed by atoms with E-state index in [-0.39, 0.29) is 11.4 Å². The lowest BCUT2D eigenvalue weighted by Gasteiger charge is -2.11.